The lowest BCUT2D eigenvalue weighted by Crippen LogP contribution is -2.31. The second-order valence-corrected chi connectivity index (χ2v) is 3.55. The number of pyridine rings is 1. The van der Waals surface area contributed by atoms with Crippen molar-refractivity contribution < 1.29 is 9.53 Å². The third kappa shape index (κ3) is 1.23. The minimum atomic E-state index is -0.359. The second-order valence-electron chi connectivity index (χ2n) is 3.55. The van der Waals surface area contributed by atoms with E-state index < -0.39 is 0 Å². The number of carbonyl (C=O) groups excluding carboxylic acids is 1. The largest absolute Gasteiger partial charge is 0.458 e. The summed E-state index contributed by atoms with van der Waals surface area (Å²) in [5.74, 6) is -0.321. The van der Waals surface area contributed by atoms with Crippen molar-refractivity contribution in [3.05, 3.63) is 33.7 Å². The van der Waals surface area contributed by atoms with E-state index in [0.717, 1.165) is 0 Å². The van der Waals surface area contributed by atoms with E-state index in [4.69, 9.17) is 4.74 Å². The van der Waals surface area contributed by atoms with Gasteiger partial charge in [0.15, 0.2) is 0 Å². The van der Waals surface area contributed by atoms with Crippen LogP contribution in [0.3, 0.4) is 0 Å². The van der Waals surface area contributed by atoms with Gasteiger partial charge in [-0.1, -0.05) is 6.92 Å². The van der Waals surface area contributed by atoms with E-state index >= 15 is 0 Å². The molecule has 1 aliphatic rings. The van der Waals surface area contributed by atoms with E-state index in [0.29, 0.717) is 11.3 Å². The molecule has 1 aliphatic heterocycles. The van der Waals surface area contributed by atoms with Crippen molar-refractivity contribution in [1.82, 2.24) is 4.98 Å². The minimum absolute atomic E-state index is 0.0385. The number of carbonyl (C=O) groups is 1. The molecule has 0 bridgehead atoms. The molecular formula is C10H11NO3. The molecule has 0 radical (unpaired) electrons. The van der Waals surface area contributed by atoms with Gasteiger partial charge in [-0.15, -0.1) is 0 Å². The van der Waals surface area contributed by atoms with E-state index in [1.807, 2.05) is 13.8 Å². The molecular weight excluding hydrogens is 182 g/mol. The number of rotatable bonds is 0. The van der Waals surface area contributed by atoms with Gasteiger partial charge in [0, 0.05) is 17.7 Å². The zero-order chi connectivity index (χ0) is 10.3. The van der Waals surface area contributed by atoms with Crippen molar-refractivity contribution in [1.29, 1.82) is 0 Å². The molecule has 2 heterocycles. The van der Waals surface area contributed by atoms with E-state index in [2.05, 4.69) is 4.98 Å². The Morgan fingerprint density at radius 1 is 1.29 bits per heavy atom. The van der Waals surface area contributed by atoms with Gasteiger partial charge in [0.25, 0.3) is 0 Å². The van der Waals surface area contributed by atoms with E-state index in [9.17, 15) is 9.59 Å². The van der Waals surface area contributed by atoms with Crippen molar-refractivity contribution in [2.75, 3.05) is 0 Å². The number of ether oxygens (including phenoxy) is 1. The number of cyclic esters (lactones) is 1. The Labute approximate surface area is 80.9 Å². The third-order valence-electron chi connectivity index (χ3n) is 2.62. The Bertz CT molecular complexity index is 435. The molecule has 1 aromatic rings. The number of aromatic amines is 1. The maximum atomic E-state index is 11.4. The second kappa shape index (κ2) is 2.97. The van der Waals surface area contributed by atoms with Gasteiger partial charge < -0.3 is 9.72 Å². The molecule has 4 nitrogen and oxygen atoms in total. The molecule has 0 spiro atoms. The van der Waals surface area contributed by atoms with Gasteiger partial charge >= 0.3 is 5.97 Å². The highest BCUT2D eigenvalue weighted by molar-refractivity contribution is 5.91. The molecule has 14 heavy (non-hydrogen) atoms. The number of H-pyrrole nitrogens is 1. The Hall–Kier alpha value is -1.58. The van der Waals surface area contributed by atoms with Crippen LogP contribution in [0.15, 0.2) is 16.9 Å². The van der Waals surface area contributed by atoms with Crippen molar-refractivity contribution in [3.63, 3.8) is 0 Å². The van der Waals surface area contributed by atoms with Crippen LogP contribution in [-0.4, -0.2) is 17.1 Å². The Morgan fingerprint density at radius 3 is 2.71 bits per heavy atom. The summed E-state index contributed by atoms with van der Waals surface area (Å²) in [6.45, 7) is 3.74. The summed E-state index contributed by atoms with van der Waals surface area (Å²) in [5.41, 5.74) is 0.967. The lowest BCUT2D eigenvalue weighted by atomic mass is 9.94. The maximum Gasteiger partial charge on any atom is 0.340 e. The Morgan fingerprint density at radius 2 is 2.00 bits per heavy atom. The molecule has 0 amide bonds. The fourth-order valence-electron chi connectivity index (χ4n) is 1.60. The van der Waals surface area contributed by atoms with Crippen molar-refractivity contribution >= 4 is 5.97 Å². The molecule has 4 heteroatoms. The Kier molecular flexibility index (Phi) is 1.91. The topological polar surface area (TPSA) is 59.2 Å². The smallest absolute Gasteiger partial charge is 0.340 e. The molecule has 0 aliphatic carbocycles. The first-order valence-electron chi connectivity index (χ1n) is 4.54. The number of aromatic nitrogens is 1. The van der Waals surface area contributed by atoms with Crippen LogP contribution in [0.2, 0.25) is 0 Å². The third-order valence-corrected chi connectivity index (χ3v) is 2.62. The minimum Gasteiger partial charge on any atom is -0.458 e. The van der Waals surface area contributed by atoms with Gasteiger partial charge in [0.05, 0.1) is 5.56 Å². The summed E-state index contributed by atoms with van der Waals surface area (Å²) >= 11 is 0. The van der Waals surface area contributed by atoms with Crippen LogP contribution in [0.25, 0.3) is 0 Å². The van der Waals surface area contributed by atoms with Crippen molar-refractivity contribution in [2.45, 2.75) is 25.9 Å². The number of hydrogen-bond donors (Lipinski definition) is 1. The van der Waals surface area contributed by atoms with Crippen LogP contribution in [0.1, 0.15) is 35.8 Å². The molecule has 2 atom stereocenters. The Balaban J connectivity index is 2.62. The molecule has 0 aromatic carbocycles. The van der Waals surface area contributed by atoms with Gasteiger partial charge in [0.2, 0.25) is 5.56 Å². The molecule has 1 N–H and O–H groups in total. The van der Waals surface area contributed by atoms with Crippen LogP contribution in [0.5, 0.6) is 0 Å². The van der Waals surface area contributed by atoms with Crippen molar-refractivity contribution in [2.24, 2.45) is 0 Å². The van der Waals surface area contributed by atoms with Crippen LogP contribution in [0, 0.1) is 0 Å². The van der Waals surface area contributed by atoms with Crippen LogP contribution < -0.4 is 5.56 Å². The first kappa shape index (κ1) is 8.99. The predicted molar refractivity (Wildman–Crippen MR) is 50.4 cm³/mol. The average molecular weight is 193 g/mol. The highest BCUT2D eigenvalue weighted by Crippen LogP contribution is 2.27. The van der Waals surface area contributed by atoms with E-state index in [1.54, 1.807) is 0 Å². The average Bonchev–Trinajstić information content (AvgIpc) is 2.14. The highest BCUT2D eigenvalue weighted by atomic mass is 16.5. The van der Waals surface area contributed by atoms with Crippen LogP contribution in [0.4, 0.5) is 0 Å². The molecule has 0 saturated heterocycles. The van der Waals surface area contributed by atoms with Gasteiger partial charge in [-0.25, -0.2) is 4.79 Å². The lowest BCUT2D eigenvalue weighted by Gasteiger charge is -2.27. The monoisotopic (exact) mass is 193 g/mol. The van der Waals surface area contributed by atoms with Gasteiger partial charge in [0.1, 0.15) is 6.10 Å². The fraction of sp³-hybridized carbons (Fsp3) is 0.400. The normalized spacial score (nSPS) is 25.4. The number of esters is 1. The van der Waals surface area contributed by atoms with Gasteiger partial charge in [-0.2, -0.15) is 0 Å². The summed E-state index contributed by atoms with van der Waals surface area (Å²) in [6, 6.07) is 2.85. The fourth-order valence-corrected chi connectivity index (χ4v) is 1.60. The number of nitrogens with one attached hydrogen (secondary N) is 1. The lowest BCUT2D eigenvalue weighted by molar-refractivity contribution is 0.0234. The number of fused-ring (bicyclic) bond motifs is 1. The summed E-state index contributed by atoms with van der Waals surface area (Å²) in [5, 5.41) is 0. The summed E-state index contributed by atoms with van der Waals surface area (Å²) < 4.78 is 5.10. The SMILES string of the molecule is C[C@@H]1OC(=O)c2ccc(=O)[nH]c2[C@@H]1C. The summed E-state index contributed by atoms with van der Waals surface area (Å²) in [6.07, 6.45) is -0.187. The molecule has 74 valence electrons. The highest BCUT2D eigenvalue weighted by Gasteiger charge is 2.30. The van der Waals surface area contributed by atoms with Gasteiger partial charge in [-0.05, 0) is 13.0 Å². The van der Waals surface area contributed by atoms with Crippen LogP contribution in [-0.2, 0) is 4.74 Å². The molecule has 0 fully saturated rings. The standard InChI is InChI=1S/C10H11NO3/c1-5-6(2)14-10(13)7-3-4-8(12)11-9(5)7/h3-6H,1-2H3,(H,11,12)/t5-,6+/m1/s1. The zero-order valence-electron chi connectivity index (χ0n) is 8.03. The van der Waals surface area contributed by atoms with Gasteiger partial charge in [-0.3, -0.25) is 4.79 Å². The summed E-state index contributed by atoms with van der Waals surface area (Å²) in [4.78, 5) is 25.2. The van der Waals surface area contributed by atoms with E-state index in [1.165, 1.54) is 12.1 Å². The molecule has 0 unspecified atom stereocenters. The van der Waals surface area contributed by atoms with Crippen molar-refractivity contribution in [3.8, 4) is 0 Å². The zero-order valence-corrected chi connectivity index (χ0v) is 8.03. The van der Waals surface area contributed by atoms with Crippen LogP contribution >= 0.6 is 0 Å². The first-order valence-corrected chi connectivity index (χ1v) is 4.54. The summed E-state index contributed by atoms with van der Waals surface area (Å²) in [7, 11) is 0. The maximum absolute atomic E-state index is 11.4. The first-order chi connectivity index (χ1) is 6.59. The number of hydrogen-bond acceptors (Lipinski definition) is 3. The molecule has 1 aromatic heterocycles. The quantitative estimate of drug-likeness (QED) is 0.626. The predicted octanol–water partition coefficient (Wildman–Crippen LogP) is 1.04. The molecule has 2 rings (SSSR count). The van der Waals surface area contributed by atoms with E-state index in [-0.39, 0.29) is 23.6 Å². The molecule has 0 saturated carbocycles.